The first-order valence-electron chi connectivity index (χ1n) is 7.56. The molecule has 1 amide bonds. The highest BCUT2D eigenvalue weighted by molar-refractivity contribution is 6.06. The molecule has 0 spiro atoms. The van der Waals surface area contributed by atoms with E-state index in [0.29, 0.717) is 18.7 Å². The van der Waals surface area contributed by atoms with Gasteiger partial charge < -0.3 is 14.3 Å². The van der Waals surface area contributed by atoms with Crippen LogP contribution in [0.3, 0.4) is 0 Å². The number of rotatable bonds is 2. The maximum atomic E-state index is 12.8. The molecule has 1 N–H and O–H groups in total. The van der Waals surface area contributed by atoms with Gasteiger partial charge in [-0.25, -0.2) is 4.98 Å². The fourth-order valence-corrected chi connectivity index (χ4v) is 3.02. The van der Waals surface area contributed by atoms with Crippen LogP contribution in [-0.2, 0) is 19.4 Å². The number of carbonyl (C=O) groups is 1. The summed E-state index contributed by atoms with van der Waals surface area (Å²) in [6.07, 6.45) is 5.00. The van der Waals surface area contributed by atoms with E-state index in [1.165, 1.54) is 5.56 Å². The Bertz CT molecular complexity index is 847. The summed E-state index contributed by atoms with van der Waals surface area (Å²) in [4.78, 5) is 22.1. The van der Waals surface area contributed by atoms with E-state index in [1.54, 1.807) is 12.6 Å². The van der Waals surface area contributed by atoms with Crippen LogP contribution < -0.4 is 0 Å². The SMILES string of the molecule is CCc1ccc2occ(C(=O)N3CCc4nc[nH]c4C3)c2c1. The van der Waals surface area contributed by atoms with Gasteiger partial charge in [0, 0.05) is 18.4 Å². The second-order valence-electron chi connectivity index (χ2n) is 5.64. The molecule has 0 fully saturated rings. The van der Waals surface area contributed by atoms with Crippen LogP contribution in [0.4, 0.5) is 0 Å². The van der Waals surface area contributed by atoms with Gasteiger partial charge in [-0.15, -0.1) is 0 Å². The molecule has 0 aliphatic carbocycles. The van der Waals surface area contributed by atoms with Gasteiger partial charge in [0.05, 0.1) is 29.8 Å². The van der Waals surface area contributed by atoms with Crippen molar-refractivity contribution >= 4 is 16.9 Å². The number of furan rings is 1. The molecule has 5 nitrogen and oxygen atoms in total. The summed E-state index contributed by atoms with van der Waals surface area (Å²) >= 11 is 0. The fourth-order valence-electron chi connectivity index (χ4n) is 3.02. The lowest BCUT2D eigenvalue weighted by Gasteiger charge is -2.25. The maximum Gasteiger partial charge on any atom is 0.258 e. The first kappa shape index (κ1) is 13.1. The summed E-state index contributed by atoms with van der Waals surface area (Å²) in [6, 6.07) is 6.03. The van der Waals surface area contributed by atoms with Gasteiger partial charge in [-0.1, -0.05) is 13.0 Å². The summed E-state index contributed by atoms with van der Waals surface area (Å²) in [5.41, 5.74) is 4.71. The zero-order valence-electron chi connectivity index (χ0n) is 12.4. The van der Waals surface area contributed by atoms with Crippen LogP contribution in [0.1, 0.15) is 34.2 Å². The quantitative estimate of drug-likeness (QED) is 0.790. The van der Waals surface area contributed by atoms with E-state index in [9.17, 15) is 4.79 Å². The van der Waals surface area contributed by atoms with Gasteiger partial charge in [0.15, 0.2) is 0 Å². The molecule has 1 aromatic carbocycles. The standard InChI is InChI=1S/C17H17N3O2/c1-2-11-3-4-16-12(7-11)13(9-22-16)17(21)20-6-5-14-15(8-20)19-10-18-14/h3-4,7,9-10H,2,5-6,8H2,1H3,(H,18,19). The van der Waals surface area contributed by atoms with E-state index < -0.39 is 0 Å². The minimum Gasteiger partial charge on any atom is -0.463 e. The summed E-state index contributed by atoms with van der Waals surface area (Å²) in [5.74, 6) is 0.0206. The van der Waals surface area contributed by atoms with Gasteiger partial charge in [0.2, 0.25) is 0 Å². The van der Waals surface area contributed by atoms with Crippen LogP contribution in [0.2, 0.25) is 0 Å². The van der Waals surface area contributed by atoms with Gasteiger partial charge in [-0.05, 0) is 24.1 Å². The summed E-state index contributed by atoms with van der Waals surface area (Å²) in [6.45, 7) is 3.37. The zero-order valence-corrected chi connectivity index (χ0v) is 12.4. The molecule has 0 saturated heterocycles. The van der Waals surface area contributed by atoms with E-state index in [0.717, 1.165) is 35.2 Å². The summed E-state index contributed by atoms with van der Waals surface area (Å²) < 4.78 is 5.55. The van der Waals surface area contributed by atoms with Crippen LogP contribution >= 0.6 is 0 Å². The van der Waals surface area contributed by atoms with E-state index >= 15 is 0 Å². The average Bonchev–Trinajstić information content (AvgIpc) is 3.19. The number of nitrogens with one attached hydrogen (secondary N) is 1. The number of fused-ring (bicyclic) bond motifs is 2. The first-order chi connectivity index (χ1) is 10.8. The average molecular weight is 295 g/mol. The van der Waals surface area contributed by atoms with Crippen molar-refractivity contribution in [3.05, 3.63) is 53.3 Å². The number of nitrogens with zero attached hydrogens (tertiary/aromatic N) is 2. The molecule has 2 aromatic heterocycles. The fraction of sp³-hybridized carbons (Fsp3) is 0.294. The highest BCUT2D eigenvalue weighted by Gasteiger charge is 2.25. The normalized spacial score (nSPS) is 14.3. The van der Waals surface area contributed by atoms with E-state index in [-0.39, 0.29) is 5.91 Å². The van der Waals surface area contributed by atoms with Crippen molar-refractivity contribution in [2.24, 2.45) is 0 Å². The molecule has 0 radical (unpaired) electrons. The minimum absolute atomic E-state index is 0.0206. The lowest BCUT2D eigenvalue weighted by Crippen LogP contribution is -2.35. The van der Waals surface area contributed by atoms with Gasteiger partial charge >= 0.3 is 0 Å². The second-order valence-corrected chi connectivity index (χ2v) is 5.64. The molecule has 3 aromatic rings. The maximum absolute atomic E-state index is 12.8. The molecule has 1 aliphatic rings. The number of imidazole rings is 1. The number of hydrogen-bond acceptors (Lipinski definition) is 3. The van der Waals surface area contributed by atoms with Crippen molar-refractivity contribution in [3.63, 3.8) is 0 Å². The topological polar surface area (TPSA) is 62.1 Å². The number of benzene rings is 1. The number of amides is 1. The molecular formula is C17H17N3O2. The zero-order chi connectivity index (χ0) is 15.1. The molecule has 0 unspecified atom stereocenters. The number of H-pyrrole nitrogens is 1. The third kappa shape index (κ3) is 2.01. The van der Waals surface area contributed by atoms with Crippen molar-refractivity contribution in [2.45, 2.75) is 26.3 Å². The van der Waals surface area contributed by atoms with Crippen LogP contribution in [0.15, 0.2) is 35.2 Å². The molecule has 1 aliphatic heterocycles. The Morgan fingerprint density at radius 3 is 3.23 bits per heavy atom. The van der Waals surface area contributed by atoms with Crippen LogP contribution in [0.5, 0.6) is 0 Å². The molecule has 0 atom stereocenters. The van der Waals surface area contributed by atoms with E-state index in [4.69, 9.17) is 4.42 Å². The minimum atomic E-state index is 0.0206. The molecular weight excluding hydrogens is 278 g/mol. The van der Waals surface area contributed by atoms with Gasteiger partial charge in [-0.3, -0.25) is 4.79 Å². The molecule has 112 valence electrons. The highest BCUT2D eigenvalue weighted by Crippen LogP contribution is 2.26. The Kier molecular flexibility index (Phi) is 2.99. The molecule has 0 saturated carbocycles. The lowest BCUT2D eigenvalue weighted by molar-refractivity contribution is 0.0733. The number of carbonyl (C=O) groups excluding carboxylic acids is 1. The van der Waals surface area contributed by atoms with Crippen molar-refractivity contribution in [1.29, 1.82) is 0 Å². The Morgan fingerprint density at radius 1 is 1.45 bits per heavy atom. The van der Waals surface area contributed by atoms with E-state index in [2.05, 4.69) is 23.0 Å². The monoisotopic (exact) mass is 295 g/mol. The smallest absolute Gasteiger partial charge is 0.258 e. The Labute approximate surface area is 127 Å². The molecule has 0 bridgehead atoms. The molecule has 4 rings (SSSR count). The van der Waals surface area contributed by atoms with E-state index in [1.807, 2.05) is 17.0 Å². The third-order valence-electron chi connectivity index (χ3n) is 4.34. The third-order valence-corrected chi connectivity index (χ3v) is 4.34. The lowest BCUT2D eigenvalue weighted by atomic mass is 10.1. The Hall–Kier alpha value is -2.56. The number of aromatic amines is 1. The largest absolute Gasteiger partial charge is 0.463 e. The van der Waals surface area contributed by atoms with Crippen LogP contribution in [-0.4, -0.2) is 27.3 Å². The van der Waals surface area contributed by atoms with Gasteiger partial charge in [-0.2, -0.15) is 0 Å². The van der Waals surface area contributed by atoms with Crippen molar-refractivity contribution in [1.82, 2.24) is 14.9 Å². The van der Waals surface area contributed by atoms with Gasteiger partial charge in [0.1, 0.15) is 11.8 Å². The predicted molar refractivity (Wildman–Crippen MR) is 82.6 cm³/mol. The predicted octanol–water partition coefficient (Wildman–Crippen LogP) is 2.92. The number of aryl methyl sites for hydroxylation is 1. The number of hydrogen-bond donors (Lipinski definition) is 1. The summed E-state index contributed by atoms with van der Waals surface area (Å²) in [5, 5.41) is 0.903. The highest BCUT2D eigenvalue weighted by atomic mass is 16.3. The molecule has 5 heteroatoms. The molecule has 22 heavy (non-hydrogen) atoms. The Balaban J connectivity index is 1.68. The number of aromatic nitrogens is 2. The molecule has 3 heterocycles. The van der Waals surface area contributed by atoms with Crippen molar-refractivity contribution in [3.8, 4) is 0 Å². The van der Waals surface area contributed by atoms with Crippen molar-refractivity contribution < 1.29 is 9.21 Å². The first-order valence-corrected chi connectivity index (χ1v) is 7.56. The van der Waals surface area contributed by atoms with Gasteiger partial charge in [0.25, 0.3) is 5.91 Å². The van der Waals surface area contributed by atoms with Crippen molar-refractivity contribution in [2.75, 3.05) is 6.54 Å². The van der Waals surface area contributed by atoms with Crippen LogP contribution in [0, 0.1) is 0 Å². The Morgan fingerprint density at radius 2 is 2.36 bits per heavy atom. The summed E-state index contributed by atoms with van der Waals surface area (Å²) in [7, 11) is 0. The second kappa shape index (κ2) is 5.02. The van der Waals surface area contributed by atoms with Crippen LogP contribution in [0.25, 0.3) is 11.0 Å².